The van der Waals surface area contributed by atoms with Crippen molar-refractivity contribution in [1.82, 2.24) is 9.97 Å². The van der Waals surface area contributed by atoms with Crippen LogP contribution in [0.4, 0.5) is 0 Å². The van der Waals surface area contributed by atoms with E-state index in [1.54, 1.807) is 25.4 Å². The van der Waals surface area contributed by atoms with Crippen molar-refractivity contribution in [1.29, 1.82) is 0 Å². The molecular weight excluding hydrogens is 252 g/mol. The summed E-state index contributed by atoms with van der Waals surface area (Å²) in [5, 5.41) is 0. The van der Waals surface area contributed by atoms with E-state index in [1.807, 2.05) is 31.2 Å². The molecular formula is C16H16N2O2. The van der Waals surface area contributed by atoms with Gasteiger partial charge in [0.25, 0.3) is 0 Å². The first-order valence-electron chi connectivity index (χ1n) is 6.43. The molecule has 0 aliphatic heterocycles. The quantitative estimate of drug-likeness (QED) is 0.631. The van der Waals surface area contributed by atoms with Gasteiger partial charge in [-0.2, -0.15) is 0 Å². The molecule has 102 valence electrons. The van der Waals surface area contributed by atoms with Crippen molar-refractivity contribution < 1.29 is 9.53 Å². The number of nitrogens with zero attached hydrogens (tertiary/aromatic N) is 2. The Morgan fingerprint density at radius 1 is 1.20 bits per heavy atom. The van der Waals surface area contributed by atoms with Crippen LogP contribution < -0.4 is 0 Å². The van der Waals surface area contributed by atoms with Gasteiger partial charge >= 0.3 is 5.97 Å². The number of allylic oxidation sites excluding steroid dienone is 1. The fourth-order valence-electron chi connectivity index (χ4n) is 1.77. The number of benzene rings is 1. The van der Waals surface area contributed by atoms with Crippen molar-refractivity contribution in [2.24, 2.45) is 0 Å². The first-order chi connectivity index (χ1) is 9.70. The zero-order valence-electron chi connectivity index (χ0n) is 11.5. The smallest absolute Gasteiger partial charge is 0.331 e. The molecule has 0 amide bonds. The van der Waals surface area contributed by atoms with Gasteiger partial charge in [0.15, 0.2) is 5.82 Å². The van der Waals surface area contributed by atoms with Crippen LogP contribution in [0.25, 0.3) is 17.0 Å². The van der Waals surface area contributed by atoms with E-state index in [4.69, 9.17) is 4.74 Å². The van der Waals surface area contributed by atoms with E-state index in [9.17, 15) is 4.79 Å². The lowest BCUT2D eigenvalue weighted by Crippen LogP contribution is -2.00. The maximum atomic E-state index is 11.4. The van der Waals surface area contributed by atoms with Gasteiger partial charge in [0.05, 0.1) is 6.61 Å². The topological polar surface area (TPSA) is 52.1 Å². The Labute approximate surface area is 118 Å². The standard InChI is InChI=1S/C16H16N2O2/c1-3-20-15(19)11-12(2)13-5-7-14(8-6-13)16-17-9-4-10-18-16/h4-11H,3H2,1-2H3. The number of aromatic nitrogens is 2. The third-order valence-corrected chi connectivity index (χ3v) is 2.79. The SMILES string of the molecule is CCOC(=O)C=C(C)c1ccc(-c2ncccn2)cc1. The molecule has 0 aliphatic rings. The molecule has 0 atom stereocenters. The highest BCUT2D eigenvalue weighted by Crippen LogP contribution is 2.19. The molecule has 0 saturated carbocycles. The molecule has 0 saturated heterocycles. The van der Waals surface area contributed by atoms with E-state index >= 15 is 0 Å². The van der Waals surface area contributed by atoms with E-state index in [1.165, 1.54) is 6.08 Å². The molecule has 1 aromatic carbocycles. The van der Waals surface area contributed by atoms with Crippen LogP contribution in [0, 0.1) is 0 Å². The summed E-state index contributed by atoms with van der Waals surface area (Å²) in [6.07, 6.45) is 4.92. The van der Waals surface area contributed by atoms with Gasteiger partial charge in [-0.1, -0.05) is 24.3 Å². The average molecular weight is 268 g/mol. The second-order valence-electron chi connectivity index (χ2n) is 4.23. The third kappa shape index (κ3) is 3.51. The molecule has 0 aliphatic carbocycles. The third-order valence-electron chi connectivity index (χ3n) is 2.79. The minimum atomic E-state index is -0.319. The summed E-state index contributed by atoms with van der Waals surface area (Å²) in [6, 6.07) is 9.54. The fraction of sp³-hybridized carbons (Fsp3) is 0.188. The lowest BCUT2D eigenvalue weighted by atomic mass is 10.0. The summed E-state index contributed by atoms with van der Waals surface area (Å²) in [6.45, 7) is 4.05. The van der Waals surface area contributed by atoms with E-state index < -0.39 is 0 Å². The number of hydrogen-bond acceptors (Lipinski definition) is 4. The van der Waals surface area contributed by atoms with Gasteiger partial charge < -0.3 is 4.74 Å². The Hall–Kier alpha value is -2.49. The van der Waals surface area contributed by atoms with Crippen molar-refractivity contribution in [2.75, 3.05) is 6.61 Å². The minimum absolute atomic E-state index is 0.319. The summed E-state index contributed by atoms with van der Waals surface area (Å²) < 4.78 is 4.89. The molecule has 20 heavy (non-hydrogen) atoms. The van der Waals surface area contributed by atoms with Crippen LogP contribution in [0.5, 0.6) is 0 Å². The Morgan fingerprint density at radius 2 is 1.85 bits per heavy atom. The maximum Gasteiger partial charge on any atom is 0.331 e. The summed E-state index contributed by atoms with van der Waals surface area (Å²) >= 11 is 0. The number of rotatable bonds is 4. The zero-order valence-corrected chi connectivity index (χ0v) is 11.5. The van der Waals surface area contributed by atoms with Crippen molar-refractivity contribution in [3.63, 3.8) is 0 Å². The highest BCUT2D eigenvalue weighted by atomic mass is 16.5. The summed E-state index contributed by atoms with van der Waals surface area (Å²) in [5.41, 5.74) is 2.78. The Bertz CT molecular complexity index is 604. The summed E-state index contributed by atoms with van der Waals surface area (Å²) in [7, 11) is 0. The van der Waals surface area contributed by atoms with E-state index in [2.05, 4.69) is 9.97 Å². The molecule has 1 heterocycles. The fourth-order valence-corrected chi connectivity index (χ4v) is 1.77. The molecule has 0 unspecified atom stereocenters. The van der Waals surface area contributed by atoms with Crippen LogP contribution in [0.3, 0.4) is 0 Å². The predicted molar refractivity (Wildman–Crippen MR) is 77.8 cm³/mol. The molecule has 1 aromatic heterocycles. The molecule has 0 fully saturated rings. The van der Waals surface area contributed by atoms with Crippen LogP contribution in [-0.4, -0.2) is 22.5 Å². The Morgan fingerprint density at radius 3 is 2.45 bits per heavy atom. The van der Waals surface area contributed by atoms with Crippen LogP contribution in [-0.2, 0) is 9.53 Å². The second-order valence-corrected chi connectivity index (χ2v) is 4.23. The van der Waals surface area contributed by atoms with Gasteiger partial charge in [-0.15, -0.1) is 0 Å². The van der Waals surface area contributed by atoms with Crippen LogP contribution in [0.1, 0.15) is 19.4 Å². The molecule has 2 aromatic rings. The van der Waals surface area contributed by atoms with Gasteiger partial charge in [-0.3, -0.25) is 0 Å². The summed E-state index contributed by atoms with van der Waals surface area (Å²) in [5.74, 6) is 0.367. The van der Waals surface area contributed by atoms with Crippen molar-refractivity contribution in [3.8, 4) is 11.4 Å². The van der Waals surface area contributed by atoms with Crippen molar-refractivity contribution in [3.05, 3.63) is 54.4 Å². The van der Waals surface area contributed by atoms with Crippen LogP contribution >= 0.6 is 0 Å². The lowest BCUT2D eigenvalue weighted by molar-refractivity contribution is -0.137. The van der Waals surface area contributed by atoms with Gasteiger partial charge in [0, 0.05) is 24.0 Å². The first kappa shape index (κ1) is 13.9. The molecule has 0 radical (unpaired) electrons. The second kappa shape index (κ2) is 6.61. The molecule has 0 N–H and O–H groups in total. The largest absolute Gasteiger partial charge is 0.463 e. The average Bonchev–Trinajstić information content (AvgIpc) is 2.48. The van der Waals surface area contributed by atoms with Crippen molar-refractivity contribution in [2.45, 2.75) is 13.8 Å². The van der Waals surface area contributed by atoms with Crippen LogP contribution in [0.15, 0.2) is 48.8 Å². The van der Waals surface area contributed by atoms with E-state index in [0.29, 0.717) is 12.4 Å². The van der Waals surface area contributed by atoms with Crippen molar-refractivity contribution >= 4 is 11.5 Å². The highest BCUT2D eigenvalue weighted by molar-refractivity contribution is 5.91. The molecule has 0 spiro atoms. The molecule has 0 bridgehead atoms. The minimum Gasteiger partial charge on any atom is -0.463 e. The normalized spacial score (nSPS) is 11.2. The summed E-state index contributed by atoms with van der Waals surface area (Å²) in [4.78, 5) is 19.8. The number of carbonyl (C=O) groups excluding carboxylic acids is 1. The Kier molecular flexibility index (Phi) is 4.60. The molecule has 4 heteroatoms. The van der Waals surface area contributed by atoms with Gasteiger partial charge in [-0.25, -0.2) is 14.8 Å². The predicted octanol–water partition coefficient (Wildman–Crippen LogP) is 3.11. The zero-order chi connectivity index (χ0) is 14.4. The number of carbonyl (C=O) groups is 1. The number of esters is 1. The highest BCUT2D eigenvalue weighted by Gasteiger charge is 2.03. The van der Waals surface area contributed by atoms with Gasteiger partial charge in [0.2, 0.25) is 0 Å². The van der Waals surface area contributed by atoms with Crippen LogP contribution in [0.2, 0.25) is 0 Å². The molecule has 4 nitrogen and oxygen atoms in total. The maximum absolute atomic E-state index is 11.4. The van der Waals surface area contributed by atoms with E-state index in [-0.39, 0.29) is 5.97 Å². The number of ether oxygens (including phenoxy) is 1. The van der Waals surface area contributed by atoms with Gasteiger partial charge in [0.1, 0.15) is 0 Å². The monoisotopic (exact) mass is 268 g/mol. The first-order valence-corrected chi connectivity index (χ1v) is 6.43. The van der Waals surface area contributed by atoms with Gasteiger partial charge in [-0.05, 0) is 31.1 Å². The Balaban J connectivity index is 2.18. The molecule has 2 rings (SSSR count). The number of hydrogen-bond donors (Lipinski definition) is 0. The lowest BCUT2D eigenvalue weighted by Gasteiger charge is -2.04. The van der Waals surface area contributed by atoms with E-state index in [0.717, 1.165) is 16.7 Å².